The largest absolute Gasteiger partial charge is 0.396 e. The van der Waals surface area contributed by atoms with Crippen LogP contribution in [0.2, 0.25) is 0 Å². The Kier molecular flexibility index (Phi) is 5.64. The molecule has 2 N–H and O–H groups in total. The zero-order chi connectivity index (χ0) is 7.98. The molecule has 2 nitrogen and oxygen atoms in total. The number of hydrogen-bond acceptors (Lipinski definition) is 2. The van der Waals surface area contributed by atoms with E-state index in [2.05, 4.69) is 0 Å². The Morgan fingerprint density at radius 3 is 2.20 bits per heavy atom. The van der Waals surface area contributed by atoms with E-state index in [1.165, 1.54) is 0 Å². The summed E-state index contributed by atoms with van der Waals surface area (Å²) in [5, 5.41) is 18.1. The molecule has 0 amide bonds. The Balaban J connectivity index is 3.53. The third-order valence-corrected chi connectivity index (χ3v) is 1.89. The van der Waals surface area contributed by atoms with Gasteiger partial charge in [-0.1, -0.05) is 20.3 Å². The first-order chi connectivity index (χ1) is 4.76. The fourth-order valence-corrected chi connectivity index (χ4v) is 1.05. The second-order valence-corrected chi connectivity index (χ2v) is 2.71. The lowest BCUT2D eigenvalue weighted by molar-refractivity contribution is 0.0584. The van der Waals surface area contributed by atoms with Crippen molar-refractivity contribution in [3.8, 4) is 0 Å². The zero-order valence-electron chi connectivity index (χ0n) is 6.88. The Morgan fingerprint density at radius 1 is 1.30 bits per heavy atom. The molecule has 0 spiro atoms. The van der Waals surface area contributed by atoms with Gasteiger partial charge in [0.25, 0.3) is 0 Å². The SMILES string of the molecule is CCC[C@H](O)[C@H](CC)CO. The van der Waals surface area contributed by atoms with Gasteiger partial charge in [-0.3, -0.25) is 0 Å². The normalized spacial score (nSPS) is 16.8. The van der Waals surface area contributed by atoms with Gasteiger partial charge < -0.3 is 10.2 Å². The number of hydrogen-bond donors (Lipinski definition) is 2. The highest BCUT2D eigenvalue weighted by atomic mass is 16.3. The number of aliphatic hydroxyl groups is 2. The quantitative estimate of drug-likeness (QED) is 0.611. The molecule has 0 aromatic rings. The van der Waals surface area contributed by atoms with Crippen LogP contribution in [0.15, 0.2) is 0 Å². The molecule has 2 heteroatoms. The second-order valence-electron chi connectivity index (χ2n) is 2.71. The molecule has 62 valence electrons. The van der Waals surface area contributed by atoms with E-state index < -0.39 is 0 Å². The molecule has 0 radical (unpaired) electrons. The van der Waals surface area contributed by atoms with Crippen molar-refractivity contribution in [3.63, 3.8) is 0 Å². The minimum absolute atomic E-state index is 0.0833. The standard InChI is InChI=1S/C8H18O2/c1-3-5-8(10)7(4-2)6-9/h7-10H,3-6H2,1-2H3/t7-,8+/m1/s1. The molecule has 0 aliphatic carbocycles. The van der Waals surface area contributed by atoms with Crippen molar-refractivity contribution in [1.82, 2.24) is 0 Å². The molecule has 10 heavy (non-hydrogen) atoms. The van der Waals surface area contributed by atoms with Crippen molar-refractivity contribution in [2.24, 2.45) is 5.92 Å². The molecular weight excluding hydrogens is 128 g/mol. The van der Waals surface area contributed by atoms with Crippen LogP contribution >= 0.6 is 0 Å². The average Bonchev–Trinajstić information content (AvgIpc) is 1.91. The van der Waals surface area contributed by atoms with Gasteiger partial charge >= 0.3 is 0 Å². The molecule has 0 bridgehead atoms. The van der Waals surface area contributed by atoms with Gasteiger partial charge in [-0.05, 0) is 12.8 Å². The summed E-state index contributed by atoms with van der Waals surface area (Å²) in [6, 6.07) is 0. The molecule has 0 aromatic carbocycles. The minimum atomic E-state index is -0.306. The highest BCUT2D eigenvalue weighted by Crippen LogP contribution is 2.11. The Bertz CT molecular complexity index is 69.7. The zero-order valence-corrected chi connectivity index (χ0v) is 6.88. The average molecular weight is 146 g/mol. The smallest absolute Gasteiger partial charge is 0.0590 e. The van der Waals surface area contributed by atoms with Crippen LogP contribution in [0.5, 0.6) is 0 Å². The molecule has 0 fully saturated rings. The molecule has 0 heterocycles. The summed E-state index contributed by atoms with van der Waals surface area (Å²) in [4.78, 5) is 0. The topological polar surface area (TPSA) is 40.5 Å². The van der Waals surface area contributed by atoms with Gasteiger partial charge in [-0.25, -0.2) is 0 Å². The van der Waals surface area contributed by atoms with Gasteiger partial charge in [-0.15, -0.1) is 0 Å². The van der Waals surface area contributed by atoms with E-state index in [4.69, 9.17) is 5.11 Å². The lowest BCUT2D eigenvalue weighted by atomic mass is 9.97. The van der Waals surface area contributed by atoms with Gasteiger partial charge in [0, 0.05) is 12.5 Å². The van der Waals surface area contributed by atoms with Crippen LogP contribution in [0.1, 0.15) is 33.1 Å². The summed E-state index contributed by atoms with van der Waals surface area (Å²) >= 11 is 0. The van der Waals surface area contributed by atoms with Gasteiger partial charge in [-0.2, -0.15) is 0 Å². The van der Waals surface area contributed by atoms with Gasteiger partial charge in [0.15, 0.2) is 0 Å². The fraction of sp³-hybridized carbons (Fsp3) is 1.00. The molecule has 0 aliphatic rings. The van der Waals surface area contributed by atoms with Crippen molar-refractivity contribution in [1.29, 1.82) is 0 Å². The van der Waals surface area contributed by atoms with Gasteiger partial charge in [0.05, 0.1) is 6.10 Å². The fourth-order valence-electron chi connectivity index (χ4n) is 1.05. The Morgan fingerprint density at radius 2 is 1.90 bits per heavy atom. The predicted octanol–water partition coefficient (Wildman–Crippen LogP) is 1.17. The van der Waals surface area contributed by atoms with E-state index in [0.29, 0.717) is 0 Å². The van der Waals surface area contributed by atoms with Crippen molar-refractivity contribution >= 4 is 0 Å². The van der Waals surface area contributed by atoms with Crippen molar-refractivity contribution in [2.45, 2.75) is 39.2 Å². The second kappa shape index (κ2) is 5.69. The summed E-state index contributed by atoms with van der Waals surface area (Å²) in [6.07, 6.45) is 2.34. The molecule has 0 saturated heterocycles. The Hall–Kier alpha value is -0.0800. The monoisotopic (exact) mass is 146 g/mol. The van der Waals surface area contributed by atoms with Crippen molar-refractivity contribution < 1.29 is 10.2 Å². The van der Waals surface area contributed by atoms with Crippen LogP contribution in [0.3, 0.4) is 0 Å². The molecule has 0 aromatic heterocycles. The van der Waals surface area contributed by atoms with Crippen LogP contribution in [-0.4, -0.2) is 22.9 Å². The van der Waals surface area contributed by atoms with E-state index in [1.54, 1.807) is 0 Å². The summed E-state index contributed by atoms with van der Waals surface area (Å²) in [5.41, 5.74) is 0. The number of rotatable bonds is 5. The number of aliphatic hydroxyl groups excluding tert-OH is 2. The van der Waals surface area contributed by atoms with Crippen LogP contribution in [0.4, 0.5) is 0 Å². The highest BCUT2D eigenvalue weighted by Gasteiger charge is 2.14. The first kappa shape index (κ1) is 9.92. The third-order valence-electron chi connectivity index (χ3n) is 1.89. The predicted molar refractivity (Wildman–Crippen MR) is 41.8 cm³/mol. The van der Waals surface area contributed by atoms with Crippen LogP contribution < -0.4 is 0 Å². The maximum absolute atomic E-state index is 9.35. The van der Waals surface area contributed by atoms with Crippen LogP contribution in [-0.2, 0) is 0 Å². The van der Waals surface area contributed by atoms with E-state index in [1.807, 2.05) is 13.8 Å². The Labute approximate surface area is 62.9 Å². The lowest BCUT2D eigenvalue weighted by Gasteiger charge is -2.17. The van der Waals surface area contributed by atoms with E-state index in [0.717, 1.165) is 19.3 Å². The molecular formula is C8H18O2. The summed E-state index contributed by atoms with van der Waals surface area (Å²) in [7, 11) is 0. The third kappa shape index (κ3) is 3.18. The van der Waals surface area contributed by atoms with Crippen LogP contribution in [0, 0.1) is 5.92 Å². The van der Waals surface area contributed by atoms with Gasteiger partial charge in [0.2, 0.25) is 0 Å². The maximum Gasteiger partial charge on any atom is 0.0590 e. The first-order valence-corrected chi connectivity index (χ1v) is 4.05. The first-order valence-electron chi connectivity index (χ1n) is 4.05. The van der Waals surface area contributed by atoms with Crippen LogP contribution in [0.25, 0.3) is 0 Å². The molecule has 0 unspecified atom stereocenters. The summed E-state index contributed by atoms with van der Waals surface area (Å²) < 4.78 is 0. The highest BCUT2D eigenvalue weighted by molar-refractivity contribution is 4.65. The molecule has 0 aliphatic heterocycles. The lowest BCUT2D eigenvalue weighted by Crippen LogP contribution is -2.22. The molecule has 2 atom stereocenters. The van der Waals surface area contributed by atoms with Crippen molar-refractivity contribution in [2.75, 3.05) is 6.61 Å². The van der Waals surface area contributed by atoms with E-state index >= 15 is 0 Å². The van der Waals surface area contributed by atoms with Gasteiger partial charge in [0.1, 0.15) is 0 Å². The molecule has 0 saturated carbocycles. The van der Waals surface area contributed by atoms with Crippen molar-refractivity contribution in [3.05, 3.63) is 0 Å². The summed E-state index contributed by atoms with van der Waals surface area (Å²) in [5.74, 6) is 0.0833. The maximum atomic E-state index is 9.35. The van der Waals surface area contributed by atoms with E-state index in [-0.39, 0.29) is 18.6 Å². The summed E-state index contributed by atoms with van der Waals surface area (Å²) in [6.45, 7) is 4.13. The van der Waals surface area contributed by atoms with E-state index in [9.17, 15) is 5.11 Å². The molecule has 0 rings (SSSR count). The minimum Gasteiger partial charge on any atom is -0.396 e.